The molecule has 0 bridgehead atoms. The van der Waals surface area contributed by atoms with E-state index in [1.165, 1.54) is 0 Å². The molecule has 27 heavy (non-hydrogen) atoms. The van der Waals surface area contributed by atoms with E-state index in [2.05, 4.69) is 22.8 Å². The highest BCUT2D eigenvalue weighted by atomic mass is 35.5. The molecule has 2 N–H and O–H groups in total. The Morgan fingerprint density at radius 1 is 1.11 bits per heavy atom. The van der Waals surface area contributed by atoms with Crippen molar-refractivity contribution in [2.24, 2.45) is 11.3 Å². The van der Waals surface area contributed by atoms with Gasteiger partial charge in [-0.05, 0) is 49.4 Å². The molecule has 1 saturated heterocycles. The van der Waals surface area contributed by atoms with Gasteiger partial charge >= 0.3 is 0 Å². The third kappa shape index (κ3) is 3.97. The lowest BCUT2D eigenvalue weighted by Crippen LogP contribution is -2.35. The number of carbonyl (C=O) groups excluding carboxylic acids is 1. The van der Waals surface area contributed by atoms with Crippen LogP contribution in [0.5, 0.6) is 5.75 Å². The zero-order chi connectivity index (χ0) is 18.0. The van der Waals surface area contributed by atoms with Crippen LogP contribution in [0.4, 0.5) is 0 Å². The molecule has 144 valence electrons. The number of carbonyl (C=O) groups is 1. The molecule has 2 atom stereocenters. The van der Waals surface area contributed by atoms with Crippen molar-refractivity contribution in [3.63, 3.8) is 0 Å². The number of nitrogens with one attached hydrogen (secondary N) is 2. The summed E-state index contributed by atoms with van der Waals surface area (Å²) in [5.41, 5.74) is 2.30. The maximum atomic E-state index is 13.1. The molecular formula is C22H27ClN2O2. The Bertz CT molecular complexity index is 775. The molecule has 1 aliphatic carbocycles. The fourth-order valence-corrected chi connectivity index (χ4v) is 4.33. The summed E-state index contributed by atoms with van der Waals surface area (Å²) in [7, 11) is 1.67. The van der Waals surface area contributed by atoms with Gasteiger partial charge in [0.2, 0.25) is 5.91 Å². The van der Waals surface area contributed by atoms with Crippen molar-refractivity contribution < 1.29 is 9.53 Å². The van der Waals surface area contributed by atoms with Crippen LogP contribution in [-0.2, 0) is 4.79 Å². The molecule has 2 fully saturated rings. The van der Waals surface area contributed by atoms with Gasteiger partial charge in [-0.3, -0.25) is 4.79 Å². The second-order valence-corrected chi connectivity index (χ2v) is 7.46. The Morgan fingerprint density at radius 2 is 1.78 bits per heavy atom. The lowest BCUT2D eigenvalue weighted by atomic mass is 9.91. The molecule has 2 aliphatic rings. The van der Waals surface area contributed by atoms with Gasteiger partial charge in [0.15, 0.2) is 0 Å². The SMILES string of the molecule is COc1ccccc1C(NC(=O)C1CC12CCNCC2)c1ccccc1.Cl. The van der Waals surface area contributed by atoms with Crippen molar-refractivity contribution in [2.75, 3.05) is 20.2 Å². The van der Waals surface area contributed by atoms with E-state index < -0.39 is 0 Å². The molecule has 2 aromatic rings. The minimum atomic E-state index is -0.195. The Kier molecular flexibility index (Phi) is 6.08. The first-order chi connectivity index (χ1) is 12.7. The Balaban J connectivity index is 0.00000210. The van der Waals surface area contributed by atoms with Gasteiger partial charge in [0, 0.05) is 11.5 Å². The highest BCUT2D eigenvalue weighted by Gasteiger charge is 2.57. The molecule has 4 nitrogen and oxygen atoms in total. The summed E-state index contributed by atoms with van der Waals surface area (Å²) in [5.74, 6) is 1.12. The number of hydrogen-bond acceptors (Lipinski definition) is 3. The Hall–Kier alpha value is -2.04. The molecule has 4 rings (SSSR count). The van der Waals surface area contributed by atoms with Crippen molar-refractivity contribution in [3.8, 4) is 5.75 Å². The zero-order valence-corrected chi connectivity index (χ0v) is 16.4. The molecule has 2 unspecified atom stereocenters. The van der Waals surface area contributed by atoms with Gasteiger partial charge in [0.25, 0.3) is 0 Å². The molecule has 5 heteroatoms. The summed E-state index contributed by atoms with van der Waals surface area (Å²) in [5, 5.41) is 6.72. The summed E-state index contributed by atoms with van der Waals surface area (Å²) >= 11 is 0. The Labute approximate surface area is 167 Å². The number of benzene rings is 2. The van der Waals surface area contributed by atoms with E-state index in [1.54, 1.807) is 7.11 Å². The highest BCUT2D eigenvalue weighted by molar-refractivity contribution is 5.85. The molecule has 1 spiro atoms. The fourth-order valence-electron chi connectivity index (χ4n) is 4.33. The second-order valence-electron chi connectivity index (χ2n) is 7.46. The average Bonchev–Trinajstić information content (AvgIpc) is 3.40. The second kappa shape index (κ2) is 8.32. The molecule has 1 saturated carbocycles. The first-order valence-corrected chi connectivity index (χ1v) is 9.42. The summed E-state index contributed by atoms with van der Waals surface area (Å²) in [6.45, 7) is 2.05. The van der Waals surface area contributed by atoms with Gasteiger partial charge in [-0.15, -0.1) is 12.4 Å². The number of amides is 1. The van der Waals surface area contributed by atoms with Crippen LogP contribution >= 0.6 is 12.4 Å². The van der Waals surface area contributed by atoms with E-state index in [0.29, 0.717) is 0 Å². The number of methoxy groups -OCH3 is 1. The lowest BCUT2D eigenvalue weighted by Gasteiger charge is -2.25. The van der Waals surface area contributed by atoms with Gasteiger partial charge in [0.1, 0.15) is 5.75 Å². The smallest absolute Gasteiger partial charge is 0.224 e. The van der Waals surface area contributed by atoms with E-state index in [-0.39, 0.29) is 35.7 Å². The van der Waals surface area contributed by atoms with Crippen LogP contribution in [-0.4, -0.2) is 26.1 Å². The van der Waals surface area contributed by atoms with Crippen LogP contribution in [0.3, 0.4) is 0 Å². The summed E-state index contributed by atoms with van der Waals surface area (Å²) in [6.07, 6.45) is 3.24. The predicted molar refractivity (Wildman–Crippen MR) is 109 cm³/mol. The number of rotatable bonds is 5. The quantitative estimate of drug-likeness (QED) is 0.823. The normalized spacial score (nSPS) is 21.0. The Morgan fingerprint density at radius 3 is 2.48 bits per heavy atom. The highest BCUT2D eigenvalue weighted by Crippen LogP contribution is 2.58. The van der Waals surface area contributed by atoms with E-state index in [4.69, 9.17) is 4.74 Å². The van der Waals surface area contributed by atoms with E-state index in [1.807, 2.05) is 42.5 Å². The molecule has 2 aromatic carbocycles. The van der Waals surface area contributed by atoms with Crippen molar-refractivity contribution in [3.05, 3.63) is 65.7 Å². The van der Waals surface area contributed by atoms with E-state index >= 15 is 0 Å². The van der Waals surface area contributed by atoms with Crippen LogP contribution in [0.2, 0.25) is 0 Å². The minimum Gasteiger partial charge on any atom is -0.496 e. The van der Waals surface area contributed by atoms with Crippen LogP contribution in [0.15, 0.2) is 54.6 Å². The van der Waals surface area contributed by atoms with Crippen molar-refractivity contribution in [1.82, 2.24) is 10.6 Å². The van der Waals surface area contributed by atoms with E-state index in [0.717, 1.165) is 49.2 Å². The minimum absolute atomic E-state index is 0. The average molecular weight is 387 g/mol. The van der Waals surface area contributed by atoms with Gasteiger partial charge in [-0.25, -0.2) is 0 Å². The summed E-state index contributed by atoms with van der Waals surface area (Å²) < 4.78 is 5.56. The maximum Gasteiger partial charge on any atom is 0.224 e. The van der Waals surface area contributed by atoms with Crippen LogP contribution in [0.25, 0.3) is 0 Å². The maximum absolute atomic E-state index is 13.1. The summed E-state index contributed by atoms with van der Waals surface area (Å²) in [6, 6.07) is 17.9. The molecule has 1 aliphatic heterocycles. The number of ether oxygens (including phenoxy) is 1. The number of hydrogen-bond donors (Lipinski definition) is 2. The first-order valence-electron chi connectivity index (χ1n) is 9.42. The third-order valence-corrected chi connectivity index (χ3v) is 5.97. The molecular weight excluding hydrogens is 360 g/mol. The zero-order valence-electron chi connectivity index (χ0n) is 15.6. The number of piperidine rings is 1. The molecule has 1 heterocycles. The van der Waals surface area contributed by atoms with Gasteiger partial charge in [-0.2, -0.15) is 0 Å². The van der Waals surface area contributed by atoms with Crippen molar-refractivity contribution >= 4 is 18.3 Å². The number of halogens is 1. The first kappa shape index (κ1) is 19.7. The third-order valence-electron chi connectivity index (χ3n) is 5.97. The largest absolute Gasteiger partial charge is 0.496 e. The van der Waals surface area contributed by atoms with Crippen LogP contribution in [0, 0.1) is 11.3 Å². The van der Waals surface area contributed by atoms with Gasteiger partial charge in [0.05, 0.1) is 13.2 Å². The number of para-hydroxylation sites is 1. The van der Waals surface area contributed by atoms with Crippen molar-refractivity contribution in [2.45, 2.75) is 25.3 Å². The predicted octanol–water partition coefficient (Wildman–Crippen LogP) is 3.71. The molecule has 0 aromatic heterocycles. The van der Waals surface area contributed by atoms with Crippen LogP contribution in [0.1, 0.15) is 36.4 Å². The monoisotopic (exact) mass is 386 g/mol. The van der Waals surface area contributed by atoms with Crippen LogP contribution < -0.4 is 15.4 Å². The van der Waals surface area contributed by atoms with E-state index in [9.17, 15) is 4.79 Å². The fraction of sp³-hybridized carbons (Fsp3) is 0.409. The van der Waals surface area contributed by atoms with Gasteiger partial charge in [-0.1, -0.05) is 48.5 Å². The van der Waals surface area contributed by atoms with Crippen molar-refractivity contribution in [1.29, 1.82) is 0 Å². The lowest BCUT2D eigenvalue weighted by molar-refractivity contribution is -0.123. The summed E-state index contributed by atoms with van der Waals surface area (Å²) in [4.78, 5) is 13.1. The van der Waals surface area contributed by atoms with Gasteiger partial charge < -0.3 is 15.4 Å². The molecule has 1 amide bonds. The topological polar surface area (TPSA) is 50.4 Å². The molecule has 0 radical (unpaired) electrons. The standard InChI is InChI=1S/C22H26N2O2.ClH/c1-26-19-10-6-5-9-17(19)20(16-7-3-2-4-8-16)24-21(25)18-15-22(18)11-13-23-14-12-22;/h2-10,18,20,23H,11-15H2,1H3,(H,24,25);1H.